The monoisotopic (exact) mass is 237 g/mol. The van der Waals surface area contributed by atoms with Gasteiger partial charge in [-0.15, -0.1) is 0 Å². The predicted molar refractivity (Wildman–Crippen MR) is 46.0 cm³/mol. The number of carbonyl (C=O) groups is 1. The van der Waals surface area contributed by atoms with Crippen LogP contribution in [0.4, 0.5) is 17.6 Å². The molecule has 0 saturated heterocycles. The first kappa shape index (κ1) is 12.3. The summed E-state index contributed by atoms with van der Waals surface area (Å²) in [5.74, 6) is -3.90. The van der Waals surface area contributed by atoms with E-state index in [1.54, 1.807) is 0 Å². The summed E-state index contributed by atoms with van der Waals surface area (Å²) in [5.41, 5.74) is 2.89. The molecule has 1 aromatic carbocycles. The quantitative estimate of drug-likeness (QED) is 0.767. The molecule has 1 rings (SSSR count). The Morgan fingerprint density at radius 2 is 1.94 bits per heavy atom. The summed E-state index contributed by atoms with van der Waals surface area (Å²) in [7, 11) is 0. The number of phenolic OH excluding ortho intramolecular Hbond substituents is 1. The predicted octanol–water partition coefficient (Wildman–Crippen LogP) is 1.58. The Bertz CT molecular complexity index is 428. The molecule has 0 bridgehead atoms. The number of phenols is 1. The van der Waals surface area contributed by atoms with E-state index < -0.39 is 35.6 Å². The molecular formula is C9H7F4NO2. The molecule has 7 heteroatoms. The molecule has 3 nitrogen and oxygen atoms in total. The van der Waals surface area contributed by atoms with Gasteiger partial charge in [-0.3, -0.25) is 4.79 Å². The van der Waals surface area contributed by atoms with E-state index in [9.17, 15) is 22.4 Å². The molecule has 0 heterocycles. The molecule has 0 aromatic heterocycles. The lowest BCUT2D eigenvalue weighted by molar-refractivity contribution is -0.139. The van der Waals surface area contributed by atoms with Crippen LogP contribution in [0.15, 0.2) is 12.1 Å². The van der Waals surface area contributed by atoms with E-state index in [0.29, 0.717) is 6.07 Å². The third-order valence-electron chi connectivity index (χ3n) is 1.87. The van der Waals surface area contributed by atoms with Crippen LogP contribution in [0, 0.1) is 5.82 Å². The first-order chi connectivity index (χ1) is 7.23. The van der Waals surface area contributed by atoms with Crippen LogP contribution in [0.5, 0.6) is 5.75 Å². The number of hydrogen-bond donors (Lipinski definition) is 2. The highest BCUT2D eigenvalue weighted by Crippen LogP contribution is 2.37. The molecular weight excluding hydrogens is 230 g/mol. The zero-order valence-electron chi connectivity index (χ0n) is 7.81. The minimum atomic E-state index is -4.85. The van der Waals surface area contributed by atoms with Gasteiger partial charge < -0.3 is 10.8 Å². The van der Waals surface area contributed by atoms with E-state index in [-0.39, 0.29) is 5.56 Å². The second-order valence-corrected chi connectivity index (χ2v) is 3.08. The van der Waals surface area contributed by atoms with Crippen molar-refractivity contribution >= 4 is 5.91 Å². The molecule has 88 valence electrons. The van der Waals surface area contributed by atoms with Crippen molar-refractivity contribution in [3.8, 4) is 5.75 Å². The summed E-state index contributed by atoms with van der Waals surface area (Å²) in [5, 5.41) is 8.98. The van der Waals surface area contributed by atoms with E-state index in [1.165, 1.54) is 0 Å². The number of aromatic hydroxyl groups is 1. The minimum Gasteiger partial charge on any atom is -0.504 e. The maximum absolute atomic E-state index is 13.2. The zero-order valence-corrected chi connectivity index (χ0v) is 7.81. The van der Waals surface area contributed by atoms with E-state index >= 15 is 0 Å². The van der Waals surface area contributed by atoms with Gasteiger partial charge in [0.25, 0.3) is 0 Å². The Morgan fingerprint density at radius 1 is 1.38 bits per heavy atom. The van der Waals surface area contributed by atoms with Crippen molar-refractivity contribution in [3.63, 3.8) is 0 Å². The van der Waals surface area contributed by atoms with Gasteiger partial charge in [-0.1, -0.05) is 6.07 Å². The first-order valence-corrected chi connectivity index (χ1v) is 4.09. The lowest BCUT2D eigenvalue weighted by Gasteiger charge is -2.11. The number of alkyl halides is 3. The maximum Gasteiger partial charge on any atom is 0.420 e. The summed E-state index contributed by atoms with van der Waals surface area (Å²) in [6.45, 7) is 0. The van der Waals surface area contributed by atoms with Gasteiger partial charge in [0.15, 0.2) is 11.6 Å². The molecule has 0 spiro atoms. The molecule has 0 atom stereocenters. The normalized spacial score (nSPS) is 11.5. The topological polar surface area (TPSA) is 63.3 Å². The second-order valence-electron chi connectivity index (χ2n) is 3.08. The minimum absolute atomic E-state index is 0.377. The van der Waals surface area contributed by atoms with E-state index in [1.807, 2.05) is 0 Å². The van der Waals surface area contributed by atoms with Crippen molar-refractivity contribution in [2.24, 2.45) is 5.73 Å². The van der Waals surface area contributed by atoms with E-state index in [0.717, 1.165) is 6.07 Å². The van der Waals surface area contributed by atoms with Gasteiger partial charge in [-0.2, -0.15) is 13.2 Å². The van der Waals surface area contributed by atoms with Crippen LogP contribution in [0.1, 0.15) is 11.1 Å². The summed E-state index contributed by atoms with van der Waals surface area (Å²) < 4.78 is 49.8. The third kappa shape index (κ3) is 2.41. The molecule has 0 aliphatic rings. The fraction of sp³-hybridized carbons (Fsp3) is 0.222. The summed E-state index contributed by atoms with van der Waals surface area (Å²) in [4.78, 5) is 10.5. The zero-order chi connectivity index (χ0) is 12.5. The summed E-state index contributed by atoms with van der Waals surface area (Å²) in [6, 6.07) is 1.26. The highest BCUT2D eigenvalue weighted by Gasteiger charge is 2.35. The molecule has 0 aliphatic heterocycles. The Kier molecular flexibility index (Phi) is 3.06. The van der Waals surface area contributed by atoms with E-state index in [2.05, 4.69) is 0 Å². The first-order valence-electron chi connectivity index (χ1n) is 4.09. The van der Waals surface area contributed by atoms with Crippen molar-refractivity contribution < 1.29 is 27.5 Å². The molecule has 16 heavy (non-hydrogen) atoms. The number of rotatable bonds is 2. The number of halogens is 4. The van der Waals surface area contributed by atoms with Crippen molar-refractivity contribution in [3.05, 3.63) is 29.1 Å². The van der Waals surface area contributed by atoms with Gasteiger partial charge in [0, 0.05) is 5.56 Å². The van der Waals surface area contributed by atoms with Crippen LogP contribution < -0.4 is 5.73 Å². The molecule has 3 N–H and O–H groups in total. The van der Waals surface area contributed by atoms with Gasteiger partial charge in [-0.05, 0) is 6.07 Å². The molecule has 0 saturated carbocycles. The van der Waals surface area contributed by atoms with Crippen LogP contribution in [0.2, 0.25) is 0 Å². The Labute approximate surface area is 87.5 Å². The van der Waals surface area contributed by atoms with Gasteiger partial charge in [0.1, 0.15) is 5.56 Å². The largest absolute Gasteiger partial charge is 0.504 e. The van der Waals surface area contributed by atoms with Crippen molar-refractivity contribution in [1.29, 1.82) is 0 Å². The maximum atomic E-state index is 13.2. The van der Waals surface area contributed by atoms with Crippen LogP contribution in [0.25, 0.3) is 0 Å². The van der Waals surface area contributed by atoms with E-state index in [4.69, 9.17) is 10.8 Å². The second kappa shape index (κ2) is 3.99. The average Bonchev–Trinajstić information content (AvgIpc) is 2.10. The van der Waals surface area contributed by atoms with Crippen LogP contribution in [-0.2, 0) is 17.4 Å². The lowest BCUT2D eigenvalue weighted by Crippen LogP contribution is -2.15. The fourth-order valence-electron chi connectivity index (χ4n) is 1.16. The molecule has 1 aromatic rings. The molecule has 0 fully saturated rings. The molecule has 0 aliphatic carbocycles. The van der Waals surface area contributed by atoms with Crippen LogP contribution in [-0.4, -0.2) is 11.0 Å². The SMILES string of the molecule is NC(=O)Cc1ccc(C(F)(F)F)c(O)c1F. The van der Waals surface area contributed by atoms with Crippen LogP contribution in [0.3, 0.4) is 0 Å². The number of carbonyl (C=O) groups excluding carboxylic acids is 1. The average molecular weight is 237 g/mol. The van der Waals surface area contributed by atoms with Gasteiger partial charge >= 0.3 is 6.18 Å². The fourth-order valence-corrected chi connectivity index (χ4v) is 1.16. The van der Waals surface area contributed by atoms with Crippen molar-refractivity contribution in [2.45, 2.75) is 12.6 Å². The Hall–Kier alpha value is -1.79. The number of primary amides is 1. The molecule has 0 radical (unpaired) electrons. The van der Waals surface area contributed by atoms with Crippen molar-refractivity contribution in [1.82, 2.24) is 0 Å². The highest BCUT2D eigenvalue weighted by molar-refractivity contribution is 5.76. The summed E-state index contributed by atoms with van der Waals surface area (Å²) >= 11 is 0. The Morgan fingerprint density at radius 3 is 2.38 bits per heavy atom. The Balaban J connectivity index is 3.24. The van der Waals surface area contributed by atoms with Gasteiger partial charge in [0.05, 0.1) is 6.42 Å². The smallest absolute Gasteiger partial charge is 0.420 e. The van der Waals surface area contributed by atoms with Gasteiger partial charge in [-0.25, -0.2) is 4.39 Å². The highest BCUT2D eigenvalue weighted by atomic mass is 19.4. The number of nitrogens with two attached hydrogens (primary N) is 1. The number of hydrogen-bond acceptors (Lipinski definition) is 2. The molecule has 1 amide bonds. The molecule has 0 unspecified atom stereocenters. The third-order valence-corrected chi connectivity index (χ3v) is 1.87. The van der Waals surface area contributed by atoms with Gasteiger partial charge in [0.2, 0.25) is 5.91 Å². The van der Waals surface area contributed by atoms with Crippen molar-refractivity contribution in [2.75, 3.05) is 0 Å². The lowest BCUT2D eigenvalue weighted by atomic mass is 10.1. The summed E-state index contributed by atoms with van der Waals surface area (Å²) in [6.07, 6.45) is -5.42. The standard InChI is InChI=1S/C9H7F4NO2/c10-7-4(3-6(14)15)1-2-5(8(7)16)9(11,12)13/h1-2,16H,3H2,(H2,14,15). The van der Waals surface area contributed by atoms with Crippen LogP contribution >= 0.6 is 0 Å². The number of benzene rings is 1. The number of amides is 1.